The number of ether oxygens (including phenoxy) is 1. The van der Waals surface area contributed by atoms with Crippen molar-refractivity contribution in [1.29, 1.82) is 0 Å². The van der Waals surface area contributed by atoms with Crippen LogP contribution in [0.15, 0.2) is 29.4 Å². The zero-order valence-electron chi connectivity index (χ0n) is 10.3. The van der Waals surface area contributed by atoms with E-state index in [1.165, 1.54) is 25.7 Å². The molecule has 1 aliphatic carbocycles. The molecule has 17 heavy (non-hydrogen) atoms. The summed E-state index contributed by atoms with van der Waals surface area (Å²) >= 11 is 0. The molecular weight excluding hydrogens is 212 g/mol. The second-order valence-corrected chi connectivity index (χ2v) is 5.11. The van der Waals surface area contributed by atoms with Gasteiger partial charge in [-0.1, -0.05) is 30.2 Å². The normalized spacial score (nSPS) is 27.9. The van der Waals surface area contributed by atoms with Crippen LogP contribution in [-0.2, 0) is 0 Å². The summed E-state index contributed by atoms with van der Waals surface area (Å²) in [4.78, 5) is 0. The molecule has 0 amide bonds. The first-order chi connectivity index (χ1) is 8.34. The van der Waals surface area contributed by atoms with Crippen LogP contribution in [0.3, 0.4) is 0 Å². The van der Waals surface area contributed by atoms with E-state index in [1.807, 2.05) is 24.3 Å². The molecule has 2 atom stereocenters. The second kappa shape index (κ2) is 4.47. The van der Waals surface area contributed by atoms with Crippen molar-refractivity contribution in [3.8, 4) is 5.75 Å². The van der Waals surface area contributed by atoms with Gasteiger partial charge in [0.15, 0.2) is 17.5 Å². The Kier molecular flexibility index (Phi) is 2.83. The molecule has 1 fully saturated rings. The largest absolute Gasteiger partial charge is 0.432 e. The number of benzene rings is 1. The third-order valence-corrected chi connectivity index (χ3v) is 3.90. The molecule has 3 nitrogen and oxygen atoms in total. The minimum absolute atomic E-state index is 0.553. The van der Waals surface area contributed by atoms with Gasteiger partial charge in [0.2, 0.25) is 0 Å². The summed E-state index contributed by atoms with van der Waals surface area (Å²) in [5.41, 5.74) is 0.969. The number of fused-ring (bicyclic) bond motifs is 1. The van der Waals surface area contributed by atoms with Gasteiger partial charge in [-0.05, 0) is 25.0 Å². The van der Waals surface area contributed by atoms with Crippen molar-refractivity contribution in [1.82, 2.24) is 0 Å². The van der Waals surface area contributed by atoms with Crippen LogP contribution in [0.4, 0.5) is 5.69 Å². The number of hydrogen-bond donors (Lipinski definition) is 0. The Hall–Kier alpha value is -1.38. The molecule has 1 heterocycles. The van der Waals surface area contributed by atoms with Crippen molar-refractivity contribution in [3.05, 3.63) is 24.3 Å². The van der Waals surface area contributed by atoms with Crippen LogP contribution >= 0.6 is 0 Å². The van der Waals surface area contributed by atoms with Crippen LogP contribution in [0, 0.1) is 5.92 Å². The van der Waals surface area contributed by atoms with Gasteiger partial charge in [-0.3, -0.25) is 0 Å². The van der Waals surface area contributed by atoms with E-state index in [-0.39, 0.29) is 0 Å². The fraction of sp³-hybridized carbons (Fsp3) is 0.571. The van der Waals surface area contributed by atoms with E-state index >= 15 is 0 Å². The predicted octanol–water partition coefficient (Wildman–Crippen LogP) is 3.71. The summed E-state index contributed by atoms with van der Waals surface area (Å²) in [7, 11) is 0. The van der Waals surface area contributed by atoms with Crippen molar-refractivity contribution in [2.24, 2.45) is 11.0 Å². The van der Waals surface area contributed by atoms with Gasteiger partial charge in [-0.25, -0.2) is 0 Å². The first-order valence-electron chi connectivity index (χ1n) is 6.55. The maximum absolute atomic E-state index is 5.77. The van der Waals surface area contributed by atoms with E-state index in [2.05, 4.69) is 11.6 Å². The molecule has 0 radical (unpaired) electrons. The highest BCUT2D eigenvalue weighted by molar-refractivity contribution is 5.50. The molecule has 2 aliphatic rings. The summed E-state index contributed by atoms with van der Waals surface area (Å²) in [5, 5.41) is 4.73. The molecule has 1 saturated carbocycles. The molecule has 1 aromatic carbocycles. The van der Waals surface area contributed by atoms with Crippen LogP contribution < -0.4 is 4.74 Å². The Balaban J connectivity index is 1.88. The second-order valence-electron chi connectivity index (χ2n) is 5.11. The molecule has 3 rings (SSSR count). The number of rotatable bonds is 1. The molecular formula is C14H19N2O+. The van der Waals surface area contributed by atoms with E-state index in [0.717, 1.165) is 17.4 Å². The maximum atomic E-state index is 5.77. The molecule has 0 spiro atoms. The molecule has 1 aromatic rings. The van der Waals surface area contributed by atoms with Crippen LogP contribution in [0.25, 0.3) is 0 Å². The van der Waals surface area contributed by atoms with Crippen molar-refractivity contribution in [3.63, 3.8) is 0 Å². The van der Waals surface area contributed by atoms with E-state index in [0.29, 0.717) is 12.8 Å². The van der Waals surface area contributed by atoms with E-state index < -0.39 is 0 Å². The van der Waals surface area contributed by atoms with Gasteiger partial charge < -0.3 is 4.74 Å². The van der Waals surface area contributed by atoms with Crippen LogP contribution in [0.1, 0.15) is 32.6 Å². The molecule has 0 N–H and O–H groups in total. The average molecular weight is 231 g/mol. The van der Waals surface area contributed by atoms with Crippen LogP contribution in [-0.4, -0.2) is 17.5 Å². The van der Waals surface area contributed by atoms with Crippen LogP contribution in [0.2, 0.25) is 0 Å². The number of azo groups is 2. The Morgan fingerprint density at radius 3 is 2.94 bits per heavy atom. The number of para-hydroxylation sites is 1. The number of hydrogen-bond acceptors (Lipinski definition) is 2. The third kappa shape index (κ3) is 2.06. The predicted molar refractivity (Wildman–Crippen MR) is 65.7 cm³/mol. The highest BCUT2D eigenvalue weighted by Gasteiger charge is 2.34. The molecule has 0 bridgehead atoms. The lowest BCUT2D eigenvalue weighted by Crippen LogP contribution is -2.37. The van der Waals surface area contributed by atoms with Crippen molar-refractivity contribution in [2.45, 2.75) is 38.6 Å². The Labute approximate surface area is 102 Å². The average Bonchev–Trinajstić information content (AvgIpc) is 2.39. The Morgan fingerprint density at radius 2 is 2.06 bits per heavy atom. The Bertz CT molecular complexity index is 442. The molecule has 0 aromatic heterocycles. The highest BCUT2D eigenvalue weighted by atomic mass is 16.5. The summed E-state index contributed by atoms with van der Waals surface area (Å²) in [6.45, 7) is 2.94. The fourth-order valence-electron chi connectivity index (χ4n) is 2.87. The third-order valence-electron chi connectivity index (χ3n) is 3.90. The molecule has 3 heteroatoms. The summed E-state index contributed by atoms with van der Waals surface area (Å²) in [6.07, 6.45) is 5.25. The summed E-state index contributed by atoms with van der Waals surface area (Å²) in [5.74, 6) is 1.63. The van der Waals surface area contributed by atoms with E-state index in [1.54, 1.807) is 0 Å². The van der Waals surface area contributed by atoms with Crippen molar-refractivity contribution < 1.29 is 9.43 Å². The fourth-order valence-corrected chi connectivity index (χ4v) is 2.87. The van der Waals surface area contributed by atoms with Crippen molar-refractivity contribution >= 4 is 5.69 Å². The van der Waals surface area contributed by atoms with Gasteiger partial charge in [0.1, 0.15) is 0 Å². The molecule has 0 saturated heterocycles. The van der Waals surface area contributed by atoms with Crippen LogP contribution in [0.5, 0.6) is 5.75 Å². The monoisotopic (exact) mass is 231 g/mol. The lowest BCUT2D eigenvalue weighted by Gasteiger charge is -2.26. The van der Waals surface area contributed by atoms with Crippen molar-refractivity contribution in [2.75, 3.05) is 6.73 Å². The quantitative estimate of drug-likeness (QED) is 0.676. The standard InChI is InChI=1S/C14H19N2O/c1-11-6-2-4-8-13(11)16-10-17-14-9-5-3-7-12(14)15-16/h3,5,7,9,11,13H,2,4,6,8,10H2,1H3/q+1. The topological polar surface area (TPSA) is 24.6 Å². The van der Waals surface area contributed by atoms with Gasteiger partial charge in [-0.15, -0.1) is 0 Å². The summed E-state index contributed by atoms with van der Waals surface area (Å²) < 4.78 is 7.91. The van der Waals surface area contributed by atoms with Gasteiger partial charge in [0, 0.05) is 17.5 Å². The maximum Gasteiger partial charge on any atom is 0.311 e. The van der Waals surface area contributed by atoms with Gasteiger partial charge in [0.05, 0.1) is 0 Å². The minimum Gasteiger partial charge on any atom is -0.432 e. The first kappa shape index (κ1) is 10.8. The minimum atomic E-state index is 0.553. The van der Waals surface area contributed by atoms with Gasteiger partial charge in [-0.2, -0.15) is 0 Å². The Morgan fingerprint density at radius 1 is 1.24 bits per heavy atom. The molecule has 90 valence electrons. The highest BCUT2D eigenvalue weighted by Crippen LogP contribution is 2.33. The van der Waals surface area contributed by atoms with Gasteiger partial charge >= 0.3 is 6.73 Å². The van der Waals surface area contributed by atoms with Gasteiger partial charge in [0.25, 0.3) is 0 Å². The lowest BCUT2D eigenvalue weighted by molar-refractivity contribution is -0.660. The molecule has 2 unspecified atom stereocenters. The lowest BCUT2D eigenvalue weighted by atomic mass is 9.86. The zero-order chi connectivity index (χ0) is 11.7. The first-order valence-corrected chi connectivity index (χ1v) is 6.55. The van der Waals surface area contributed by atoms with E-state index in [4.69, 9.17) is 9.85 Å². The number of nitrogens with zero attached hydrogens (tertiary/aromatic N) is 2. The SMILES string of the molecule is CC1CCCCC1[N+]1=Nc2ccccc2OC1. The smallest absolute Gasteiger partial charge is 0.311 e. The zero-order valence-corrected chi connectivity index (χ0v) is 10.3. The molecule has 1 aliphatic heterocycles. The summed E-state index contributed by atoms with van der Waals surface area (Å²) in [6, 6.07) is 8.57. The van der Waals surface area contributed by atoms with E-state index in [9.17, 15) is 0 Å².